The van der Waals surface area contributed by atoms with Crippen LogP contribution in [0.4, 0.5) is 0 Å². The molecule has 0 fully saturated rings. The van der Waals surface area contributed by atoms with E-state index in [0.29, 0.717) is 5.82 Å². The van der Waals surface area contributed by atoms with Gasteiger partial charge in [-0.2, -0.15) is 0 Å². The first kappa shape index (κ1) is 38.3. The van der Waals surface area contributed by atoms with Crippen molar-refractivity contribution in [2.24, 2.45) is 0 Å². The van der Waals surface area contributed by atoms with E-state index < -0.39 is 0 Å². The van der Waals surface area contributed by atoms with Gasteiger partial charge in [-0.05, 0) is 83.9 Å². The summed E-state index contributed by atoms with van der Waals surface area (Å²) in [6.07, 6.45) is 1.84. The molecule has 0 amide bonds. The zero-order chi connectivity index (χ0) is 44.3. The number of para-hydroxylation sites is 3. The fourth-order valence-electron chi connectivity index (χ4n) is 9.50. The predicted molar refractivity (Wildman–Crippen MR) is 275 cm³/mol. The molecule has 0 radical (unpaired) electrons. The largest absolute Gasteiger partial charge is 0.309 e. The van der Waals surface area contributed by atoms with E-state index >= 15 is 0 Å². The first-order valence-corrected chi connectivity index (χ1v) is 22.5. The van der Waals surface area contributed by atoms with Crippen LogP contribution in [-0.4, -0.2) is 29.5 Å². The third kappa shape index (κ3) is 6.87. The summed E-state index contributed by atoms with van der Waals surface area (Å²) >= 11 is 0. The van der Waals surface area contributed by atoms with E-state index in [4.69, 9.17) is 19.9 Å². The van der Waals surface area contributed by atoms with E-state index in [1.54, 1.807) is 0 Å². The molecule has 13 aromatic rings. The number of aromatic nitrogens is 6. The molecule has 67 heavy (non-hydrogen) atoms. The third-order valence-electron chi connectivity index (χ3n) is 12.8. The molecule has 0 aliphatic carbocycles. The minimum Gasteiger partial charge on any atom is -0.309 e. The van der Waals surface area contributed by atoms with Gasteiger partial charge in [0.15, 0.2) is 5.82 Å². The molecule has 0 saturated carbocycles. The number of pyridine rings is 3. The SMILES string of the molecule is c1ccc(-c2nc(-c3ccc(-n4c5ccccc5c5ccccc54)cc3)cc(-c3cccc(-c4ccc5cc(-c6ccc7ccc(-c8cccc9cccnc89)nc7c6)ccc5n4)c3)n2)cc1. The minimum atomic E-state index is 0.675. The Kier molecular flexibility index (Phi) is 9.06. The Bertz CT molecular complexity index is 3990. The molecule has 0 spiro atoms. The lowest BCUT2D eigenvalue weighted by atomic mass is 10.00. The van der Waals surface area contributed by atoms with Crippen molar-refractivity contribution in [3.63, 3.8) is 0 Å². The van der Waals surface area contributed by atoms with Crippen molar-refractivity contribution >= 4 is 54.5 Å². The van der Waals surface area contributed by atoms with Gasteiger partial charge in [0.1, 0.15) is 0 Å². The highest BCUT2D eigenvalue weighted by Crippen LogP contribution is 2.36. The van der Waals surface area contributed by atoms with Crippen molar-refractivity contribution in [3.05, 3.63) is 231 Å². The summed E-state index contributed by atoms with van der Waals surface area (Å²) in [5.74, 6) is 0.675. The topological polar surface area (TPSA) is 69.4 Å². The Morgan fingerprint density at radius 2 is 0.925 bits per heavy atom. The summed E-state index contributed by atoms with van der Waals surface area (Å²) < 4.78 is 2.34. The predicted octanol–water partition coefficient (Wildman–Crippen LogP) is 15.2. The van der Waals surface area contributed by atoms with Gasteiger partial charge in [-0.25, -0.2) is 19.9 Å². The number of benzene rings is 8. The Morgan fingerprint density at radius 1 is 0.313 bits per heavy atom. The molecule has 0 unspecified atom stereocenters. The monoisotopic (exact) mass is 854 g/mol. The Balaban J connectivity index is 0.824. The van der Waals surface area contributed by atoms with Crippen molar-refractivity contribution in [3.8, 4) is 73.2 Å². The van der Waals surface area contributed by atoms with Crippen molar-refractivity contribution in [2.75, 3.05) is 0 Å². The van der Waals surface area contributed by atoms with Crippen LogP contribution in [-0.2, 0) is 0 Å². The van der Waals surface area contributed by atoms with E-state index in [1.165, 1.54) is 21.8 Å². The Morgan fingerprint density at radius 3 is 1.75 bits per heavy atom. The molecule has 0 N–H and O–H groups in total. The summed E-state index contributed by atoms with van der Waals surface area (Å²) in [5, 5.41) is 5.74. The van der Waals surface area contributed by atoms with Gasteiger partial charge >= 0.3 is 0 Å². The lowest BCUT2D eigenvalue weighted by molar-refractivity contribution is 1.17. The highest BCUT2D eigenvalue weighted by Gasteiger charge is 2.16. The van der Waals surface area contributed by atoms with Crippen LogP contribution in [0.3, 0.4) is 0 Å². The number of hydrogen-bond donors (Lipinski definition) is 0. The molecular formula is C61H38N6. The summed E-state index contributed by atoms with van der Waals surface area (Å²) in [5.41, 5.74) is 17.0. The standard InChI is InChI=1S/C61H38N6/c1-2-11-42(12-3-1)61-65-56(40-24-29-48(30-25-40)67-58-20-6-4-17-49(58)50-18-5-7-21-59(50)67)38-57(66-61)46-15-8-14-45(36-46)52-32-28-47-35-43(27-31-53(47)63-52)44-23-22-39-26-33-54(64-55(39)37-44)51-19-9-13-41-16-10-34-62-60(41)51/h1-38H. The van der Waals surface area contributed by atoms with Gasteiger partial charge in [0.2, 0.25) is 0 Å². The van der Waals surface area contributed by atoms with Crippen molar-refractivity contribution in [1.82, 2.24) is 29.5 Å². The van der Waals surface area contributed by atoms with Gasteiger partial charge in [-0.1, -0.05) is 152 Å². The highest BCUT2D eigenvalue weighted by atomic mass is 15.0. The summed E-state index contributed by atoms with van der Waals surface area (Å²) in [6.45, 7) is 0. The van der Waals surface area contributed by atoms with Gasteiger partial charge < -0.3 is 4.57 Å². The molecule has 5 aromatic heterocycles. The van der Waals surface area contributed by atoms with Crippen LogP contribution in [0.15, 0.2) is 231 Å². The highest BCUT2D eigenvalue weighted by molar-refractivity contribution is 6.09. The summed E-state index contributed by atoms with van der Waals surface area (Å²) in [6, 6.07) is 78.5. The maximum Gasteiger partial charge on any atom is 0.160 e. The number of hydrogen-bond acceptors (Lipinski definition) is 5. The first-order chi connectivity index (χ1) is 33.2. The molecule has 0 bridgehead atoms. The molecule has 13 rings (SSSR count). The normalized spacial score (nSPS) is 11.6. The minimum absolute atomic E-state index is 0.675. The van der Waals surface area contributed by atoms with Gasteiger partial charge in [-0.3, -0.25) is 4.98 Å². The molecule has 5 heterocycles. The number of nitrogens with zero attached hydrogens (tertiary/aromatic N) is 6. The van der Waals surface area contributed by atoms with Crippen molar-refractivity contribution in [1.29, 1.82) is 0 Å². The lowest BCUT2D eigenvalue weighted by Gasteiger charge is -2.12. The van der Waals surface area contributed by atoms with Crippen LogP contribution in [0.25, 0.3) is 128 Å². The molecule has 0 saturated heterocycles. The smallest absolute Gasteiger partial charge is 0.160 e. The van der Waals surface area contributed by atoms with E-state index in [-0.39, 0.29) is 0 Å². The molecule has 6 nitrogen and oxygen atoms in total. The van der Waals surface area contributed by atoms with Gasteiger partial charge in [0.25, 0.3) is 0 Å². The van der Waals surface area contributed by atoms with E-state index in [1.807, 2.05) is 30.5 Å². The third-order valence-corrected chi connectivity index (χ3v) is 12.8. The second-order valence-electron chi connectivity index (χ2n) is 16.9. The van der Waals surface area contributed by atoms with Gasteiger partial charge in [0, 0.05) is 66.6 Å². The van der Waals surface area contributed by atoms with E-state index in [9.17, 15) is 0 Å². The average Bonchev–Trinajstić information content (AvgIpc) is 3.74. The molecule has 8 aromatic carbocycles. The fraction of sp³-hybridized carbons (Fsp3) is 0. The van der Waals surface area contributed by atoms with Crippen LogP contribution in [0.1, 0.15) is 0 Å². The number of fused-ring (bicyclic) bond motifs is 6. The van der Waals surface area contributed by atoms with E-state index in [0.717, 1.165) is 100 Å². The fourth-order valence-corrected chi connectivity index (χ4v) is 9.50. The van der Waals surface area contributed by atoms with Crippen LogP contribution in [0, 0.1) is 0 Å². The quantitative estimate of drug-likeness (QED) is 0.160. The van der Waals surface area contributed by atoms with Crippen LogP contribution in [0.2, 0.25) is 0 Å². The second-order valence-corrected chi connectivity index (χ2v) is 16.9. The zero-order valence-corrected chi connectivity index (χ0v) is 36.1. The molecule has 0 aliphatic rings. The van der Waals surface area contributed by atoms with Crippen molar-refractivity contribution < 1.29 is 0 Å². The average molecular weight is 855 g/mol. The maximum absolute atomic E-state index is 5.18. The number of rotatable bonds is 7. The lowest BCUT2D eigenvalue weighted by Crippen LogP contribution is -1.97. The second kappa shape index (κ2) is 15.8. The van der Waals surface area contributed by atoms with Crippen molar-refractivity contribution in [2.45, 2.75) is 0 Å². The van der Waals surface area contributed by atoms with Gasteiger partial charge in [-0.15, -0.1) is 0 Å². The van der Waals surface area contributed by atoms with Crippen LogP contribution < -0.4 is 0 Å². The molecule has 0 aliphatic heterocycles. The van der Waals surface area contributed by atoms with Crippen LogP contribution in [0.5, 0.6) is 0 Å². The summed E-state index contributed by atoms with van der Waals surface area (Å²) in [7, 11) is 0. The summed E-state index contributed by atoms with van der Waals surface area (Å²) in [4.78, 5) is 25.3. The first-order valence-electron chi connectivity index (χ1n) is 22.5. The van der Waals surface area contributed by atoms with Gasteiger partial charge in [0.05, 0.1) is 50.4 Å². The molecular weight excluding hydrogens is 817 g/mol. The van der Waals surface area contributed by atoms with Crippen LogP contribution >= 0.6 is 0 Å². The molecule has 312 valence electrons. The maximum atomic E-state index is 5.18. The molecule has 6 heteroatoms. The van der Waals surface area contributed by atoms with E-state index in [2.05, 4.69) is 210 Å². The Labute approximate surface area is 386 Å². The molecule has 0 atom stereocenters. The zero-order valence-electron chi connectivity index (χ0n) is 36.1. The Hall–Kier alpha value is -9.13.